The highest BCUT2D eigenvalue weighted by atomic mass is 16.2. The van der Waals surface area contributed by atoms with Crippen molar-refractivity contribution < 1.29 is 9.90 Å². The molecule has 1 aliphatic rings. The number of rotatable bonds is 2. The van der Waals surface area contributed by atoms with Crippen LogP contribution >= 0.6 is 0 Å². The highest BCUT2D eigenvalue weighted by Gasteiger charge is 2.34. The minimum absolute atomic E-state index is 0.0329. The number of hydrogen-bond acceptors (Lipinski definition) is 2. The number of amides is 1. The van der Waals surface area contributed by atoms with Crippen LogP contribution in [0.15, 0.2) is 18.2 Å². The average molecular weight is 243 g/mol. The summed E-state index contributed by atoms with van der Waals surface area (Å²) >= 11 is 0. The largest absolute Gasteiger partial charge is 0.384 e. The second-order valence-electron chi connectivity index (χ2n) is 4.78. The number of nitrogens with one attached hydrogen (secondary N) is 1. The molecule has 0 bridgehead atoms. The molecule has 94 valence electrons. The van der Waals surface area contributed by atoms with Gasteiger partial charge in [-0.25, -0.2) is 0 Å². The molecule has 1 amide bonds. The number of carbonyl (C=O) groups excluding carboxylic acids is 1. The zero-order valence-electron chi connectivity index (χ0n) is 10.7. The Morgan fingerprint density at radius 3 is 2.89 bits per heavy atom. The lowest BCUT2D eigenvalue weighted by molar-refractivity contribution is 0.0948. The van der Waals surface area contributed by atoms with Crippen molar-refractivity contribution in [1.82, 2.24) is 5.32 Å². The maximum absolute atomic E-state index is 12.1. The number of aliphatic hydroxyl groups is 1. The Morgan fingerprint density at radius 1 is 1.56 bits per heavy atom. The number of hydrogen-bond donors (Lipinski definition) is 2. The minimum Gasteiger partial charge on any atom is -0.384 e. The van der Waals surface area contributed by atoms with Gasteiger partial charge >= 0.3 is 0 Å². The first-order chi connectivity index (χ1) is 8.61. The molecule has 18 heavy (non-hydrogen) atoms. The van der Waals surface area contributed by atoms with Gasteiger partial charge in [-0.05, 0) is 37.0 Å². The lowest BCUT2D eigenvalue weighted by Gasteiger charge is -2.07. The van der Waals surface area contributed by atoms with E-state index in [0.29, 0.717) is 17.5 Å². The van der Waals surface area contributed by atoms with Gasteiger partial charge in [0.05, 0.1) is 0 Å². The van der Waals surface area contributed by atoms with Gasteiger partial charge in [0.15, 0.2) is 0 Å². The van der Waals surface area contributed by atoms with Crippen LogP contribution in [0.1, 0.15) is 34.8 Å². The van der Waals surface area contributed by atoms with Gasteiger partial charge in [0.2, 0.25) is 0 Å². The first-order valence-electron chi connectivity index (χ1n) is 6.13. The standard InChI is InChI=1S/C15H17NO2/c1-10-5-6-12(4-3-7-17)9-13(10)15(18)16-14-8-11(14)2/h5-6,9,11,14,17H,7-8H2,1-2H3,(H,16,18). The van der Waals surface area contributed by atoms with Crippen LogP contribution in [0.4, 0.5) is 0 Å². The Bertz CT molecular complexity index is 525. The Hall–Kier alpha value is -1.79. The first kappa shape index (κ1) is 12.7. The van der Waals surface area contributed by atoms with Crippen molar-refractivity contribution in [3.05, 3.63) is 34.9 Å². The van der Waals surface area contributed by atoms with E-state index in [9.17, 15) is 4.79 Å². The number of carbonyl (C=O) groups is 1. The molecule has 0 spiro atoms. The van der Waals surface area contributed by atoms with Gasteiger partial charge in [-0.2, -0.15) is 0 Å². The van der Waals surface area contributed by atoms with E-state index in [-0.39, 0.29) is 12.5 Å². The van der Waals surface area contributed by atoms with Crippen LogP contribution in [0.25, 0.3) is 0 Å². The summed E-state index contributed by atoms with van der Waals surface area (Å²) in [7, 11) is 0. The molecule has 1 aromatic carbocycles. The summed E-state index contributed by atoms with van der Waals surface area (Å²) in [6, 6.07) is 5.84. The summed E-state index contributed by atoms with van der Waals surface area (Å²) < 4.78 is 0. The van der Waals surface area contributed by atoms with E-state index in [1.165, 1.54) is 0 Å². The summed E-state index contributed by atoms with van der Waals surface area (Å²) in [6.45, 7) is 3.87. The second-order valence-corrected chi connectivity index (χ2v) is 4.78. The van der Waals surface area contributed by atoms with Crippen LogP contribution in [0, 0.1) is 24.7 Å². The Balaban J connectivity index is 2.17. The highest BCUT2D eigenvalue weighted by Crippen LogP contribution is 2.29. The Morgan fingerprint density at radius 2 is 2.28 bits per heavy atom. The fourth-order valence-electron chi connectivity index (χ4n) is 1.86. The van der Waals surface area contributed by atoms with Crippen molar-refractivity contribution in [1.29, 1.82) is 0 Å². The third kappa shape index (κ3) is 2.91. The molecule has 0 aliphatic heterocycles. The molecule has 0 radical (unpaired) electrons. The van der Waals surface area contributed by atoms with Crippen molar-refractivity contribution in [3.8, 4) is 11.8 Å². The van der Waals surface area contributed by atoms with E-state index >= 15 is 0 Å². The van der Waals surface area contributed by atoms with Crippen molar-refractivity contribution in [2.24, 2.45) is 5.92 Å². The maximum atomic E-state index is 12.1. The van der Waals surface area contributed by atoms with Gasteiger partial charge in [0.1, 0.15) is 6.61 Å². The Labute approximate surface area is 107 Å². The SMILES string of the molecule is Cc1ccc(C#CCO)cc1C(=O)NC1CC1C. The summed E-state index contributed by atoms with van der Waals surface area (Å²) in [6.07, 6.45) is 1.06. The van der Waals surface area contributed by atoms with E-state index < -0.39 is 0 Å². The third-order valence-corrected chi connectivity index (χ3v) is 3.22. The maximum Gasteiger partial charge on any atom is 0.251 e. The van der Waals surface area contributed by atoms with Gasteiger partial charge in [-0.15, -0.1) is 0 Å². The minimum atomic E-state index is -0.172. The summed E-state index contributed by atoms with van der Waals surface area (Å²) in [4.78, 5) is 12.1. The summed E-state index contributed by atoms with van der Waals surface area (Å²) in [5, 5.41) is 11.7. The van der Waals surface area contributed by atoms with Crippen LogP contribution in [0.5, 0.6) is 0 Å². The molecule has 2 rings (SSSR count). The summed E-state index contributed by atoms with van der Waals surface area (Å²) in [5.41, 5.74) is 2.36. The number of benzene rings is 1. The second kappa shape index (κ2) is 5.24. The van der Waals surface area contributed by atoms with Crippen LogP contribution in [-0.2, 0) is 0 Å². The van der Waals surface area contributed by atoms with E-state index in [0.717, 1.165) is 17.5 Å². The van der Waals surface area contributed by atoms with E-state index in [2.05, 4.69) is 24.1 Å². The molecule has 1 fully saturated rings. The molecule has 2 unspecified atom stereocenters. The lowest BCUT2D eigenvalue weighted by Crippen LogP contribution is -2.27. The Kier molecular flexibility index (Phi) is 3.69. The number of aryl methyl sites for hydroxylation is 1. The normalized spacial score (nSPS) is 20.8. The van der Waals surface area contributed by atoms with Gasteiger partial charge in [-0.3, -0.25) is 4.79 Å². The van der Waals surface area contributed by atoms with Crippen LogP contribution in [0.3, 0.4) is 0 Å². The fraction of sp³-hybridized carbons (Fsp3) is 0.400. The predicted octanol–water partition coefficient (Wildman–Crippen LogP) is 1.48. The quantitative estimate of drug-likeness (QED) is 0.773. The molecular weight excluding hydrogens is 226 g/mol. The van der Waals surface area contributed by atoms with Crippen molar-refractivity contribution in [2.45, 2.75) is 26.3 Å². The zero-order valence-corrected chi connectivity index (χ0v) is 10.7. The molecule has 1 aliphatic carbocycles. The highest BCUT2D eigenvalue weighted by molar-refractivity contribution is 5.96. The molecular formula is C15H17NO2. The molecule has 0 heterocycles. The molecule has 3 heteroatoms. The van der Waals surface area contributed by atoms with E-state index in [1.807, 2.05) is 19.1 Å². The molecule has 2 atom stereocenters. The predicted molar refractivity (Wildman–Crippen MR) is 70.2 cm³/mol. The number of aliphatic hydroxyl groups excluding tert-OH is 1. The first-order valence-corrected chi connectivity index (χ1v) is 6.13. The molecule has 1 saturated carbocycles. The van der Waals surface area contributed by atoms with Gasteiger partial charge < -0.3 is 10.4 Å². The molecule has 0 aromatic heterocycles. The lowest BCUT2D eigenvalue weighted by atomic mass is 10.0. The molecule has 0 saturated heterocycles. The smallest absolute Gasteiger partial charge is 0.251 e. The van der Waals surface area contributed by atoms with Crippen molar-refractivity contribution in [3.63, 3.8) is 0 Å². The third-order valence-electron chi connectivity index (χ3n) is 3.22. The fourth-order valence-corrected chi connectivity index (χ4v) is 1.86. The van der Waals surface area contributed by atoms with E-state index in [1.54, 1.807) is 6.07 Å². The van der Waals surface area contributed by atoms with Gasteiger partial charge in [0, 0.05) is 17.2 Å². The average Bonchev–Trinajstić information content (AvgIpc) is 3.03. The topological polar surface area (TPSA) is 49.3 Å². The monoisotopic (exact) mass is 243 g/mol. The van der Waals surface area contributed by atoms with Crippen LogP contribution < -0.4 is 5.32 Å². The van der Waals surface area contributed by atoms with Crippen molar-refractivity contribution >= 4 is 5.91 Å². The summed E-state index contributed by atoms with van der Waals surface area (Å²) in [5.74, 6) is 5.96. The molecule has 2 N–H and O–H groups in total. The van der Waals surface area contributed by atoms with Gasteiger partial charge in [0.25, 0.3) is 5.91 Å². The van der Waals surface area contributed by atoms with E-state index in [4.69, 9.17) is 5.11 Å². The van der Waals surface area contributed by atoms with Crippen molar-refractivity contribution in [2.75, 3.05) is 6.61 Å². The molecule has 1 aromatic rings. The van der Waals surface area contributed by atoms with Crippen LogP contribution in [-0.4, -0.2) is 23.7 Å². The van der Waals surface area contributed by atoms with Gasteiger partial charge in [-0.1, -0.05) is 24.8 Å². The van der Waals surface area contributed by atoms with Crippen LogP contribution in [0.2, 0.25) is 0 Å². The molecule has 3 nitrogen and oxygen atoms in total. The zero-order chi connectivity index (χ0) is 13.1.